The molecule has 1 aromatic carbocycles. The number of carbonyl (C=O) groups excluding carboxylic acids is 1. The standard InChI is InChI=1S/C15H16F3NO2/c1-3-4-5-6-14(20)19(2)11-12-7-9-13(10-8-12)21-15(16,17)18/h3-10H,11H2,1-2H3/b4-3+,6-5+. The van der Waals surface area contributed by atoms with Crippen molar-refractivity contribution in [2.24, 2.45) is 0 Å². The Labute approximate surface area is 121 Å². The summed E-state index contributed by atoms with van der Waals surface area (Å²) in [6, 6.07) is 5.41. The van der Waals surface area contributed by atoms with Crippen LogP contribution < -0.4 is 4.74 Å². The van der Waals surface area contributed by atoms with Crippen LogP contribution in [0.3, 0.4) is 0 Å². The van der Waals surface area contributed by atoms with Crippen LogP contribution in [0.15, 0.2) is 48.6 Å². The topological polar surface area (TPSA) is 29.5 Å². The average Bonchev–Trinajstić information content (AvgIpc) is 2.39. The first kappa shape index (κ1) is 16.8. The van der Waals surface area contributed by atoms with E-state index in [0.717, 1.165) is 0 Å². The van der Waals surface area contributed by atoms with Gasteiger partial charge in [0.25, 0.3) is 0 Å². The molecule has 21 heavy (non-hydrogen) atoms. The van der Waals surface area contributed by atoms with Gasteiger partial charge < -0.3 is 9.64 Å². The van der Waals surface area contributed by atoms with E-state index in [4.69, 9.17) is 0 Å². The van der Waals surface area contributed by atoms with Crippen LogP contribution >= 0.6 is 0 Å². The van der Waals surface area contributed by atoms with E-state index >= 15 is 0 Å². The number of benzene rings is 1. The van der Waals surface area contributed by atoms with E-state index in [1.807, 2.05) is 6.92 Å². The van der Waals surface area contributed by atoms with Crippen LogP contribution in [0.1, 0.15) is 12.5 Å². The number of allylic oxidation sites excluding steroid dienone is 3. The number of halogens is 3. The van der Waals surface area contributed by atoms with E-state index in [-0.39, 0.29) is 11.7 Å². The normalized spacial score (nSPS) is 12.0. The third-order valence-electron chi connectivity index (χ3n) is 2.50. The predicted octanol–water partition coefficient (Wildman–Crippen LogP) is 3.68. The highest BCUT2D eigenvalue weighted by molar-refractivity contribution is 5.87. The highest BCUT2D eigenvalue weighted by Crippen LogP contribution is 2.22. The Hall–Kier alpha value is -2.24. The third kappa shape index (κ3) is 6.65. The first-order valence-corrected chi connectivity index (χ1v) is 6.21. The summed E-state index contributed by atoms with van der Waals surface area (Å²) in [5, 5.41) is 0. The van der Waals surface area contributed by atoms with Crippen molar-refractivity contribution in [1.29, 1.82) is 0 Å². The maximum atomic E-state index is 12.0. The highest BCUT2D eigenvalue weighted by Gasteiger charge is 2.30. The van der Waals surface area contributed by atoms with Crippen molar-refractivity contribution in [3.8, 4) is 5.75 Å². The number of hydrogen-bond donors (Lipinski definition) is 0. The number of ether oxygens (including phenoxy) is 1. The van der Waals surface area contributed by atoms with Crippen LogP contribution in [-0.4, -0.2) is 24.2 Å². The first-order chi connectivity index (χ1) is 9.81. The molecule has 6 heteroatoms. The number of likely N-dealkylation sites (N-methyl/N-ethyl adjacent to an activating group) is 1. The van der Waals surface area contributed by atoms with Crippen molar-refractivity contribution in [2.45, 2.75) is 19.8 Å². The number of amides is 1. The summed E-state index contributed by atoms with van der Waals surface area (Å²) in [4.78, 5) is 13.2. The Morgan fingerprint density at radius 2 is 1.86 bits per heavy atom. The average molecular weight is 299 g/mol. The first-order valence-electron chi connectivity index (χ1n) is 6.21. The van der Waals surface area contributed by atoms with E-state index in [1.165, 1.54) is 35.2 Å². The highest BCUT2D eigenvalue weighted by atomic mass is 19.4. The number of nitrogens with zero attached hydrogens (tertiary/aromatic N) is 1. The molecule has 0 aromatic heterocycles. The predicted molar refractivity (Wildman–Crippen MR) is 73.6 cm³/mol. The molecule has 0 heterocycles. The van der Waals surface area contributed by atoms with Gasteiger partial charge in [-0.2, -0.15) is 0 Å². The number of rotatable bonds is 5. The lowest BCUT2D eigenvalue weighted by molar-refractivity contribution is -0.274. The fraction of sp³-hybridized carbons (Fsp3) is 0.267. The molecule has 0 radical (unpaired) electrons. The second kappa shape index (κ2) is 7.52. The monoisotopic (exact) mass is 299 g/mol. The van der Waals surface area contributed by atoms with Gasteiger partial charge in [0, 0.05) is 19.7 Å². The summed E-state index contributed by atoms with van der Waals surface area (Å²) < 4.78 is 39.8. The van der Waals surface area contributed by atoms with Gasteiger partial charge in [-0.3, -0.25) is 4.79 Å². The fourth-order valence-electron chi connectivity index (χ4n) is 1.52. The summed E-state index contributed by atoms with van der Waals surface area (Å²) >= 11 is 0. The molecular weight excluding hydrogens is 283 g/mol. The molecular formula is C15H16F3NO2. The van der Waals surface area contributed by atoms with Gasteiger partial charge in [0.05, 0.1) is 0 Å². The van der Waals surface area contributed by atoms with E-state index < -0.39 is 6.36 Å². The summed E-state index contributed by atoms with van der Waals surface area (Å²) in [7, 11) is 1.61. The van der Waals surface area contributed by atoms with Crippen molar-refractivity contribution in [2.75, 3.05) is 7.05 Å². The van der Waals surface area contributed by atoms with Gasteiger partial charge in [-0.1, -0.05) is 30.4 Å². The Bertz CT molecular complexity index is 519. The van der Waals surface area contributed by atoms with Crippen molar-refractivity contribution in [3.63, 3.8) is 0 Å². The van der Waals surface area contributed by atoms with E-state index in [0.29, 0.717) is 12.1 Å². The molecule has 0 saturated heterocycles. The zero-order valence-corrected chi connectivity index (χ0v) is 11.7. The molecule has 0 aliphatic rings. The van der Waals surface area contributed by atoms with Gasteiger partial charge in [0.2, 0.25) is 5.91 Å². The smallest absolute Gasteiger partial charge is 0.406 e. The Kier molecular flexibility index (Phi) is 6.02. The molecule has 0 fully saturated rings. The Morgan fingerprint density at radius 3 is 2.38 bits per heavy atom. The lowest BCUT2D eigenvalue weighted by atomic mass is 10.2. The molecule has 0 aliphatic heterocycles. The van der Waals surface area contributed by atoms with Crippen molar-refractivity contribution in [1.82, 2.24) is 4.90 Å². The van der Waals surface area contributed by atoms with Crippen molar-refractivity contribution >= 4 is 5.91 Å². The zero-order valence-electron chi connectivity index (χ0n) is 11.7. The van der Waals surface area contributed by atoms with Crippen molar-refractivity contribution in [3.05, 3.63) is 54.1 Å². The van der Waals surface area contributed by atoms with Crippen LogP contribution in [0.5, 0.6) is 5.75 Å². The second-order valence-electron chi connectivity index (χ2n) is 4.27. The Morgan fingerprint density at radius 1 is 1.24 bits per heavy atom. The molecule has 0 N–H and O–H groups in total. The second-order valence-corrected chi connectivity index (χ2v) is 4.27. The van der Waals surface area contributed by atoms with Gasteiger partial charge >= 0.3 is 6.36 Å². The molecule has 0 saturated carbocycles. The van der Waals surface area contributed by atoms with Crippen molar-refractivity contribution < 1.29 is 22.7 Å². The molecule has 114 valence electrons. The van der Waals surface area contributed by atoms with Crippen LogP contribution in [0.2, 0.25) is 0 Å². The molecule has 0 unspecified atom stereocenters. The van der Waals surface area contributed by atoms with Crippen LogP contribution in [0.25, 0.3) is 0 Å². The minimum atomic E-state index is -4.70. The van der Waals surface area contributed by atoms with Gasteiger partial charge in [-0.15, -0.1) is 13.2 Å². The zero-order chi connectivity index (χ0) is 15.9. The van der Waals surface area contributed by atoms with E-state index in [1.54, 1.807) is 25.3 Å². The van der Waals surface area contributed by atoms with E-state index in [2.05, 4.69) is 4.74 Å². The molecule has 0 spiro atoms. The molecule has 1 aromatic rings. The van der Waals surface area contributed by atoms with Crippen LogP contribution in [0.4, 0.5) is 13.2 Å². The molecule has 0 aliphatic carbocycles. The molecule has 1 rings (SSSR count). The fourth-order valence-corrected chi connectivity index (χ4v) is 1.52. The molecule has 0 bridgehead atoms. The third-order valence-corrected chi connectivity index (χ3v) is 2.50. The summed E-state index contributed by atoms with van der Waals surface area (Å²) in [5.74, 6) is -0.475. The van der Waals surface area contributed by atoms with Gasteiger partial charge in [-0.25, -0.2) is 0 Å². The summed E-state index contributed by atoms with van der Waals surface area (Å²) in [5.41, 5.74) is 0.708. The maximum Gasteiger partial charge on any atom is 0.573 e. The molecule has 1 amide bonds. The Balaban J connectivity index is 2.61. The molecule has 3 nitrogen and oxygen atoms in total. The van der Waals surface area contributed by atoms with Crippen LogP contribution in [0, 0.1) is 0 Å². The number of carbonyl (C=O) groups is 1. The van der Waals surface area contributed by atoms with Gasteiger partial charge in [0.15, 0.2) is 0 Å². The lowest BCUT2D eigenvalue weighted by Crippen LogP contribution is -2.24. The minimum Gasteiger partial charge on any atom is -0.406 e. The van der Waals surface area contributed by atoms with E-state index in [9.17, 15) is 18.0 Å². The van der Waals surface area contributed by atoms with Gasteiger partial charge in [0.1, 0.15) is 5.75 Å². The minimum absolute atomic E-state index is 0.191. The number of alkyl halides is 3. The van der Waals surface area contributed by atoms with Crippen LogP contribution in [-0.2, 0) is 11.3 Å². The summed E-state index contributed by atoms with van der Waals surface area (Å²) in [6.07, 6.45) is 1.87. The lowest BCUT2D eigenvalue weighted by Gasteiger charge is -2.15. The maximum absolute atomic E-state index is 12.0. The summed E-state index contributed by atoms with van der Waals surface area (Å²) in [6.45, 7) is 2.13. The SMILES string of the molecule is C/C=C/C=C/C(=O)N(C)Cc1ccc(OC(F)(F)F)cc1. The largest absolute Gasteiger partial charge is 0.573 e. The molecule has 0 atom stereocenters. The number of hydrogen-bond acceptors (Lipinski definition) is 2. The van der Waals surface area contributed by atoms with Gasteiger partial charge in [-0.05, 0) is 24.6 Å². The quantitative estimate of drug-likeness (QED) is 0.613.